The van der Waals surface area contributed by atoms with E-state index in [2.05, 4.69) is 0 Å². The van der Waals surface area contributed by atoms with Crippen LogP contribution in [0.25, 0.3) is 0 Å². The molecule has 4 rings (SSSR count). The zero-order valence-electron chi connectivity index (χ0n) is 18.2. The standard InChI is InChI=1S/C25H26N2O4/c1-15-5-9-17(10-6-15)20-13-19(28)14-21(18-11-7-16(2)8-12-18)25(20)22(29)26(3)24(31)27(4)23(25)30/h5-12,20-21H,13-14H2,1-4H3/t20-,21+. The molecule has 1 spiro atoms. The molecule has 2 aromatic carbocycles. The van der Waals surface area contributed by atoms with Gasteiger partial charge in [0, 0.05) is 38.8 Å². The SMILES string of the molecule is Cc1ccc([C@H]2CC(=O)C[C@@H](c3ccc(C)cc3)C23C(=O)N(C)C(=O)N(C)C3=O)cc1. The number of benzene rings is 2. The lowest BCUT2D eigenvalue weighted by molar-refractivity contribution is -0.163. The number of amides is 4. The van der Waals surface area contributed by atoms with Gasteiger partial charge in [-0.3, -0.25) is 24.2 Å². The van der Waals surface area contributed by atoms with Crippen LogP contribution < -0.4 is 0 Å². The van der Waals surface area contributed by atoms with E-state index in [4.69, 9.17) is 0 Å². The van der Waals surface area contributed by atoms with Crippen molar-refractivity contribution in [3.05, 3.63) is 70.8 Å². The van der Waals surface area contributed by atoms with Crippen molar-refractivity contribution in [1.82, 2.24) is 9.80 Å². The van der Waals surface area contributed by atoms with Crippen LogP contribution in [0.15, 0.2) is 48.5 Å². The van der Waals surface area contributed by atoms with Crippen molar-refractivity contribution in [3.8, 4) is 0 Å². The second kappa shape index (κ2) is 7.45. The van der Waals surface area contributed by atoms with Crippen molar-refractivity contribution in [1.29, 1.82) is 0 Å². The first kappa shape index (κ1) is 21.0. The molecule has 2 aliphatic rings. The van der Waals surface area contributed by atoms with Crippen molar-refractivity contribution in [2.75, 3.05) is 14.1 Å². The molecule has 0 bridgehead atoms. The van der Waals surface area contributed by atoms with Gasteiger partial charge in [-0.25, -0.2) is 4.79 Å². The summed E-state index contributed by atoms with van der Waals surface area (Å²) in [6.07, 6.45) is 0.164. The van der Waals surface area contributed by atoms with Crippen LogP contribution in [0.2, 0.25) is 0 Å². The normalized spacial score (nSPS) is 23.6. The van der Waals surface area contributed by atoms with Gasteiger partial charge in [-0.15, -0.1) is 0 Å². The van der Waals surface area contributed by atoms with Gasteiger partial charge in [0.2, 0.25) is 11.8 Å². The summed E-state index contributed by atoms with van der Waals surface area (Å²) >= 11 is 0. The van der Waals surface area contributed by atoms with Gasteiger partial charge in [-0.2, -0.15) is 0 Å². The smallest absolute Gasteiger partial charge is 0.300 e. The van der Waals surface area contributed by atoms with Crippen LogP contribution in [-0.2, 0) is 14.4 Å². The molecule has 160 valence electrons. The molecule has 4 amide bonds. The van der Waals surface area contributed by atoms with Crippen LogP contribution in [0.1, 0.15) is 46.9 Å². The van der Waals surface area contributed by atoms with Gasteiger partial charge in [0.05, 0.1) is 0 Å². The highest BCUT2D eigenvalue weighted by Crippen LogP contribution is 2.57. The minimum Gasteiger partial charge on any atom is -0.300 e. The summed E-state index contributed by atoms with van der Waals surface area (Å²) in [5, 5.41) is 0. The third kappa shape index (κ3) is 3.09. The zero-order valence-corrected chi connectivity index (χ0v) is 18.2. The Kier molecular flexibility index (Phi) is 5.04. The first-order valence-electron chi connectivity index (χ1n) is 10.4. The monoisotopic (exact) mass is 418 g/mol. The highest BCUT2D eigenvalue weighted by atomic mass is 16.2. The van der Waals surface area contributed by atoms with E-state index in [0.29, 0.717) is 0 Å². The van der Waals surface area contributed by atoms with E-state index >= 15 is 0 Å². The van der Waals surface area contributed by atoms with Crippen molar-refractivity contribution in [2.24, 2.45) is 5.41 Å². The van der Waals surface area contributed by atoms with Gasteiger partial charge in [0.15, 0.2) is 0 Å². The fraction of sp³-hybridized carbons (Fsp3) is 0.360. The topological polar surface area (TPSA) is 74.8 Å². The number of urea groups is 1. The van der Waals surface area contributed by atoms with E-state index in [1.807, 2.05) is 62.4 Å². The molecule has 6 nitrogen and oxygen atoms in total. The summed E-state index contributed by atoms with van der Waals surface area (Å²) in [7, 11) is 2.81. The predicted molar refractivity (Wildman–Crippen MR) is 115 cm³/mol. The second-order valence-electron chi connectivity index (χ2n) is 8.75. The van der Waals surface area contributed by atoms with Crippen LogP contribution in [-0.4, -0.2) is 47.5 Å². The molecular weight excluding hydrogens is 392 g/mol. The lowest BCUT2D eigenvalue weighted by atomic mass is 9.54. The fourth-order valence-corrected chi connectivity index (χ4v) is 5.10. The molecular formula is C25H26N2O4. The molecule has 2 atom stereocenters. The Morgan fingerprint density at radius 2 is 1.03 bits per heavy atom. The Balaban J connectivity index is 1.99. The quantitative estimate of drug-likeness (QED) is 0.699. The predicted octanol–water partition coefficient (Wildman–Crippen LogP) is 3.57. The number of Topliss-reactive ketones (excluding diaryl/α,β-unsaturated/α-hetero) is 1. The summed E-state index contributed by atoms with van der Waals surface area (Å²) in [5.41, 5.74) is 2.04. The summed E-state index contributed by atoms with van der Waals surface area (Å²) < 4.78 is 0. The molecule has 1 saturated heterocycles. The number of hydrogen-bond donors (Lipinski definition) is 0. The van der Waals surface area contributed by atoms with Crippen LogP contribution in [0, 0.1) is 19.3 Å². The average Bonchev–Trinajstić information content (AvgIpc) is 2.76. The van der Waals surface area contributed by atoms with Gasteiger partial charge < -0.3 is 0 Å². The second-order valence-corrected chi connectivity index (χ2v) is 8.75. The molecule has 2 fully saturated rings. The average molecular weight is 418 g/mol. The molecule has 6 heteroatoms. The lowest BCUT2D eigenvalue weighted by Gasteiger charge is -2.51. The number of aryl methyl sites for hydroxylation is 2. The number of carbonyl (C=O) groups excluding carboxylic acids is 4. The van der Waals surface area contributed by atoms with Gasteiger partial charge >= 0.3 is 6.03 Å². The van der Waals surface area contributed by atoms with Crippen molar-refractivity contribution in [3.63, 3.8) is 0 Å². The van der Waals surface area contributed by atoms with E-state index < -0.39 is 35.1 Å². The number of hydrogen-bond acceptors (Lipinski definition) is 4. The van der Waals surface area contributed by atoms with Gasteiger partial charge in [0.1, 0.15) is 11.2 Å². The summed E-state index contributed by atoms with van der Waals surface area (Å²) in [5.74, 6) is -2.38. The molecule has 0 N–H and O–H groups in total. The number of ketones is 1. The summed E-state index contributed by atoms with van der Waals surface area (Å²) in [6.45, 7) is 3.91. The number of carbonyl (C=O) groups is 4. The Bertz CT molecular complexity index is 988. The number of barbiturate groups is 1. The molecule has 2 aromatic rings. The van der Waals surface area contributed by atoms with Crippen LogP contribution in [0.3, 0.4) is 0 Å². The largest absolute Gasteiger partial charge is 0.332 e. The van der Waals surface area contributed by atoms with Crippen LogP contribution in [0.4, 0.5) is 4.79 Å². The summed E-state index contributed by atoms with van der Waals surface area (Å²) in [4.78, 5) is 55.2. The molecule has 1 saturated carbocycles. The molecule has 0 aromatic heterocycles. The maximum Gasteiger partial charge on any atom is 0.332 e. The highest BCUT2D eigenvalue weighted by Gasteiger charge is 2.66. The molecule has 31 heavy (non-hydrogen) atoms. The molecule has 1 heterocycles. The zero-order chi connectivity index (χ0) is 22.5. The molecule has 0 radical (unpaired) electrons. The van der Waals surface area contributed by atoms with Crippen LogP contribution >= 0.6 is 0 Å². The number of nitrogens with zero attached hydrogens (tertiary/aromatic N) is 2. The van der Waals surface area contributed by atoms with Gasteiger partial charge in [0.25, 0.3) is 0 Å². The van der Waals surface area contributed by atoms with E-state index in [9.17, 15) is 19.2 Å². The molecule has 1 aliphatic heterocycles. The third-order valence-corrected chi connectivity index (χ3v) is 6.81. The summed E-state index contributed by atoms with van der Waals surface area (Å²) in [6, 6.07) is 14.5. The Hall–Kier alpha value is -3.28. The van der Waals surface area contributed by atoms with Gasteiger partial charge in [-0.05, 0) is 25.0 Å². The number of imide groups is 2. The van der Waals surface area contributed by atoms with E-state index in [1.54, 1.807) is 0 Å². The fourth-order valence-electron chi connectivity index (χ4n) is 5.10. The van der Waals surface area contributed by atoms with E-state index in [1.165, 1.54) is 14.1 Å². The highest BCUT2D eigenvalue weighted by molar-refractivity contribution is 6.21. The Morgan fingerprint density at radius 3 is 1.39 bits per heavy atom. The van der Waals surface area contributed by atoms with E-state index in [0.717, 1.165) is 32.1 Å². The van der Waals surface area contributed by atoms with Gasteiger partial charge in [-0.1, -0.05) is 59.7 Å². The molecule has 1 aliphatic carbocycles. The minimum atomic E-state index is -1.56. The lowest BCUT2D eigenvalue weighted by Crippen LogP contribution is -2.68. The van der Waals surface area contributed by atoms with Crippen molar-refractivity contribution in [2.45, 2.75) is 38.5 Å². The Morgan fingerprint density at radius 1 is 0.677 bits per heavy atom. The minimum absolute atomic E-state index is 0.00424. The Labute approximate surface area is 181 Å². The first-order chi connectivity index (χ1) is 14.7. The number of rotatable bonds is 2. The molecule has 0 unspecified atom stereocenters. The maximum absolute atomic E-state index is 13.8. The van der Waals surface area contributed by atoms with E-state index in [-0.39, 0.29) is 18.6 Å². The third-order valence-electron chi connectivity index (χ3n) is 6.81. The maximum atomic E-state index is 13.8. The van der Waals surface area contributed by atoms with Crippen LogP contribution in [0.5, 0.6) is 0 Å². The van der Waals surface area contributed by atoms with Crippen molar-refractivity contribution >= 4 is 23.6 Å². The first-order valence-corrected chi connectivity index (χ1v) is 10.4. The van der Waals surface area contributed by atoms with Crippen molar-refractivity contribution < 1.29 is 19.2 Å².